The largest absolute Gasteiger partial charge is 0.493 e. The summed E-state index contributed by atoms with van der Waals surface area (Å²) in [5, 5.41) is 4.92. The highest BCUT2D eigenvalue weighted by atomic mass is 35.5. The number of anilines is 1. The van der Waals surface area contributed by atoms with Crippen LogP contribution in [0.2, 0.25) is 5.02 Å². The highest BCUT2D eigenvalue weighted by Crippen LogP contribution is 2.33. The molecule has 11 heteroatoms. The number of ether oxygens (including phenoxy) is 2. The molecule has 1 N–H and O–H groups in total. The van der Waals surface area contributed by atoms with E-state index in [0.717, 1.165) is 9.87 Å². The van der Waals surface area contributed by atoms with Gasteiger partial charge in [-0.2, -0.15) is 0 Å². The number of nitrogens with one attached hydrogen (secondary N) is 1. The van der Waals surface area contributed by atoms with Crippen LogP contribution in [0.1, 0.15) is 10.4 Å². The molecule has 0 aliphatic carbocycles. The summed E-state index contributed by atoms with van der Waals surface area (Å²) in [7, 11) is 2.21. The third-order valence-corrected chi connectivity index (χ3v) is 7.26. The lowest BCUT2D eigenvalue weighted by Crippen LogP contribution is -2.23. The number of thiazole rings is 1. The van der Waals surface area contributed by atoms with Gasteiger partial charge in [0, 0.05) is 25.0 Å². The van der Waals surface area contributed by atoms with Crippen molar-refractivity contribution in [3.8, 4) is 22.8 Å². The Labute approximate surface area is 189 Å². The predicted octanol–water partition coefficient (Wildman–Crippen LogP) is 3.98. The second kappa shape index (κ2) is 9.23. The molecule has 0 atom stereocenters. The number of amides is 1. The lowest BCUT2D eigenvalue weighted by molar-refractivity contribution is 0.102. The molecule has 0 radical (unpaired) electrons. The van der Waals surface area contributed by atoms with Crippen LogP contribution in [0.3, 0.4) is 0 Å². The average molecular weight is 482 g/mol. The highest BCUT2D eigenvalue weighted by Gasteiger charge is 2.21. The fourth-order valence-corrected chi connectivity index (χ4v) is 4.52. The Morgan fingerprint density at radius 1 is 1.10 bits per heavy atom. The highest BCUT2D eigenvalue weighted by molar-refractivity contribution is 7.89. The van der Waals surface area contributed by atoms with Gasteiger partial charge in [0.05, 0.1) is 35.4 Å². The molecular formula is C20H20ClN3O5S2. The number of carbonyl (C=O) groups excluding carboxylic acids is 1. The van der Waals surface area contributed by atoms with Crippen LogP contribution in [0.15, 0.2) is 46.7 Å². The number of nitrogens with zero attached hydrogens (tertiary/aromatic N) is 2. The van der Waals surface area contributed by atoms with Gasteiger partial charge in [-0.25, -0.2) is 17.7 Å². The quantitative estimate of drug-likeness (QED) is 0.548. The number of aromatic nitrogens is 1. The number of halogens is 1. The fraction of sp³-hybridized carbons (Fsp3) is 0.200. The zero-order valence-corrected chi connectivity index (χ0v) is 19.6. The monoisotopic (exact) mass is 481 g/mol. The van der Waals surface area contributed by atoms with Crippen LogP contribution in [0, 0.1) is 0 Å². The normalized spacial score (nSPS) is 11.4. The van der Waals surface area contributed by atoms with Gasteiger partial charge in [-0.3, -0.25) is 10.1 Å². The van der Waals surface area contributed by atoms with E-state index >= 15 is 0 Å². The third-order valence-electron chi connectivity index (χ3n) is 4.36. The lowest BCUT2D eigenvalue weighted by atomic mass is 10.1. The summed E-state index contributed by atoms with van der Waals surface area (Å²) >= 11 is 7.36. The van der Waals surface area contributed by atoms with Crippen LogP contribution < -0.4 is 14.8 Å². The summed E-state index contributed by atoms with van der Waals surface area (Å²) < 4.78 is 36.3. The molecule has 1 amide bonds. The van der Waals surface area contributed by atoms with E-state index in [1.54, 1.807) is 31.7 Å². The molecule has 3 aromatic rings. The lowest BCUT2D eigenvalue weighted by Gasteiger charge is -2.13. The molecule has 1 heterocycles. The summed E-state index contributed by atoms with van der Waals surface area (Å²) in [5.74, 6) is 0.593. The Bertz CT molecular complexity index is 1230. The molecule has 0 spiro atoms. The van der Waals surface area contributed by atoms with Crippen LogP contribution in [-0.4, -0.2) is 51.9 Å². The van der Waals surface area contributed by atoms with Crippen molar-refractivity contribution >= 4 is 44.0 Å². The first kappa shape index (κ1) is 23.0. The summed E-state index contributed by atoms with van der Waals surface area (Å²) in [5.41, 5.74) is 1.45. The smallest absolute Gasteiger partial charge is 0.259 e. The van der Waals surface area contributed by atoms with Crippen molar-refractivity contribution in [1.29, 1.82) is 0 Å². The van der Waals surface area contributed by atoms with Crippen molar-refractivity contribution in [2.75, 3.05) is 33.6 Å². The Kier molecular flexibility index (Phi) is 6.85. The van der Waals surface area contributed by atoms with E-state index in [-0.39, 0.29) is 15.5 Å². The minimum Gasteiger partial charge on any atom is -0.493 e. The van der Waals surface area contributed by atoms with E-state index in [1.807, 2.05) is 6.07 Å². The Morgan fingerprint density at radius 3 is 2.45 bits per heavy atom. The van der Waals surface area contributed by atoms with Gasteiger partial charge in [0.25, 0.3) is 5.91 Å². The molecule has 0 bridgehead atoms. The van der Waals surface area contributed by atoms with Gasteiger partial charge in [-0.05, 0) is 36.4 Å². The van der Waals surface area contributed by atoms with Crippen molar-refractivity contribution in [2.24, 2.45) is 0 Å². The maximum absolute atomic E-state index is 12.7. The van der Waals surface area contributed by atoms with Crippen molar-refractivity contribution in [1.82, 2.24) is 9.29 Å². The number of benzene rings is 2. The maximum Gasteiger partial charge on any atom is 0.259 e. The molecule has 0 saturated carbocycles. The predicted molar refractivity (Wildman–Crippen MR) is 121 cm³/mol. The fourth-order valence-electron chi connectivity index (χ4n) is 2.67. The van der Waals surface area contributed by atoms with E-state index in [1.165, 1.54) is 43.6 Å². The molecule has 0 aliphatic heterocycles. The van der Waals surface area contributed by atoms with Gasteiger partial charge in [0.15, 0.2) is 16.6 Å². The van der Waals surface area contributed by atoms with Gasteiger partial charge < -0.3 is 9.47 Å². The van der Waals surface area contributed by atoms with Gasteiger partial charge in [-0.1, -0.05) is 11.6 Å². The van der Waals surface area contributed by atoms with Crippen LogP contribution in [0.25, 0.3) is 11.3 Å². The van der Waals surface area contributed by atoms with Crippen molar-refractivity contribution in [3.05, 3.63) is 52.4 Å². The minimum atomic E-state index is -3.71. The molecule has 2 aromatic carbocycles. The van der Waals surface area contributed by atoms with Crippen LogP contribution in [0.4, 0.5) is 5.13 Å². The number of rotatable bonds is 7. The van der Waals surface area contributed by atoms with Crippen LogP contribution in [0.5, 0.6) is 11.5 Å². The Hall–Kier alpha value is -2.66. The summed E-state index contributed by atoms with van der Waals surface area (Å²) in [6, 6.07) is 9.36. The first-order valence-corrected chi connectivity index (χ1v) is 11.6. The number of hydrogen-bond acceptors (Lipinski definition) is 7. The van der Waals surface area contributed by atoms with Crippen LogP contribution in [-0.2, 0) is 10.0 Å². The Balaban J connectivity index is 1.85. The molecule has 31 heavy (non-hydrogen) atoms. The second-order valence-corrected chi connectivity index (χ2v) is 9.91. The van der Waals surface area contributed by atoms with Crippen molar-refractivity contribution in [3.63, 3.8) is 0 Å². The summed E-state index contributed by atoms with van der Waals surface area (Å²) in [6.45, 7) is 0. The topological polar surface area (TPSA) is 97.8 Å². The molecule has 1 aromatic heterocycles. The van der Waals surface area contributed by atoms with Gasteiger partial charge in [0.1, 0.15) is 0 Å². The molecule has 3 rings (SSSR count). The average Bonchev–Trinajstić information content (AvgIpc) is 3.21. The molecule has 0 unspecified atom stereocenters. The summed E-state index contributed by atoms with van der Waals surface area (Å²) in [6.07, 6.45) is 0. The number of carbonyl (C=O) groups is 1. The zero-order chi connectivity index (χ0) is 22.8. The van der Waals surface area contributed by atoms with E-state index in [9.17, 15) is 13.2 Å². The number of sulfonamides is 1. The van der Waals surface area contributed by atoms with Crippen molar-refractivity contribution in [2.45, 2.75) is 4.90 Å². The molecule has 0 saturated heterocycles. The molecule has 0 aliphatic rings. The molecule has 8 nitrogen and oxygen atoms in total. The molecular weight excluding hydrogens is 462 g/mol. The summed E-state index contributed by atoms with van der Waals surface area (Å²) in [4.78, 5) is 17.1. The van der Waals surface area contributed by atoms with E-state index in [0.29, 0.717) is 22.3 Å². The molecule has 0 fully saturated rings. The maximum atomic E-state index is 12.7. The van der Waals surface area contributed by atoms with Crippen molar-refractivity contribution < 1.29 is 22.7 Å². The SMILES string of the molecule is COc1ccc(-c2csc(NC(=O)c3cc(S(=O)(=O)N(C)C)ccc3Cl)n2)cc1OC. The number of hydrogen-bond donors (Lipinski definition) is 1. The first-order valence-electron chi connectivity index (χ1n) is 8.88. The van der Waals surface area contributed by atoms with Gasteiger partial charge in [0.2, 0.25) is 10.0 Å². The standard InChI is InChI=1S/C20H20ClN3O5S2/c1-24(2)31(26,27)13-6-7-15(21)14(10-13)19(25)23-20-22-16(11-30-20)12-5-8-17(28-3)18(9-12)29-4/h5-11H,1-4H3,(H,22,23,25). The zero-order valence-electron chi connectivity index (χ0n) is 17.2. The van der Waals surface area contributed by atoms with Gasteiger partial charge >= 0.3 is 0 Å². The molecule has 164 valence electrons. The second-order valence-electron chi connectivity index (χ2n) is 6.49. The minimum absolute atomic E-state index is 0.0304. The first-order chi connectivity index (χ1) is 14.7. The van der Waals surface area contributed by atoms with E-state index in [4.69, 9.17) is 21.1 Å². The third kappa shape index (κ3) is 4.82. The number of methoxy groups -OCH3 is 2. The van der Waals surface area contributed by atoms with Gasteiger partial charge in [-0.15, -0.1) is 11.3 Å². The van der Waals surface area contributed by atoms with Crippen LogP contribution >= 0.6 is 22.9 Å². The Morgan fingerprint density at radius 2 is 1.81 bits per heavy atom. The van der Waals surface area contributed by atoms with E-state index in [2.05, 4.69) is 10.3 Å². The van der Waals surface area contributed by atoms with E-state index < -0.39 is 15.9 Å².